The van der Waals surface area contributed by atoms with E-state index in [9.17, 15) is 18.5 Å². The van der Waals surface area contributed by atoms with Gasteiger partial charge in [-0.2, -0.15) is 9.57 Å². The summed E-state index contributed by atoms with van der Waals surface area (Å²) in [4.78, 5) is 10.6. The second-order valence-corrected chi connectivity index (χ2v) is 7.65. The summed E-state index contributed by atoms with van der Waals surface area (Å²) in [7, 11) is -3.78. The van der Waals surface area contributed by atoms with Crippen LogP contribution >= 0.6 is 0 Å². The number of sulfonamides is 1. The summed E-state index contributed by atoms with van der Waals surface area (Å²) in [5, 5.41) is 20.5. The molecule has 0 unspecified atom stereocenters. The number of nitro benzene ring substituents is 1. The molecule has 26 heavy (non-hydrogen) atoms. The summed E-state index contributed by atoms with van der Waals surface area (Å²) in [5.41, 5.74) is -0.256. The van der Waals surface area contributed by atoms with E-state index < -0.39 is 20.6 Å². The van der Waals surface area contributed by atoms with Gasteiger partial charge in [-0.3, -0.25) is 10.1 Å². The van der Waals surface area contributed by atoms with Crippen molar-refractivity contribution in [2.75, 3.05) is 13.1 Å². The van der Waals surface area contributed by atoms with Crippen LogP contribution in [0.2, 0.25) is 0 Å². The molecule has 134 valence electrons. The summed E-state index contributed by atoms with van der Waals surface area (Å²) in [6.07, 6.45) is 1.54. The van der Waals surface area contributed by atoms with Crippen molar-refractivity contribution >= 4 is 15.7 Å². The maximum absolute atomic E-state index is 12.6. The van der Waals surface area contributed by atoms with Gasteiger partial charge in [-0.1, -0.05) is 12.1 Å². The molecule has 0 aromatic heterocycles. The zero-order chi connectivity index (χ0) is 18.7. The first kappa shape index (κ1) is 17.8. The predicted molar refractivity (Wildman–Crippen MR) is 92.3 cm³/mol. The van der Waals surface area contributed by atoms with E-state index in [2.05, 4.69) is 0 Å². The van der Waals surface area contributed by atoms with Crippen LogP contribution in [0, 0.1) is 21.4 Å². The normalized spacial score (nSPS) is 14.7. The van der Waals surface area contributed by atoms with Crippen molar-refractivity contribution < 1.29 is 18.1 Å². The van der Waals surface area contributed by atoms with Gasteiger partial charge in [-0.15, -0.1) is 0 Å². The molecule has 0 aliphatic carbocycles. The van der Waals surface area contributed by atoms with E-state index in [4.69, 9.17) is 10.00 Å². The Morgan fingerprint density at radius 2 is 1.81 bits per heavy atom. The largest absolute Gasteiger partial charge is 0.449 e. The van der Waals surface area contributed by atoms with Gasteiger partial charge < -0.3 is 4.74 Å². The third-order valence-corrected chi connectivity index (χ3v) is 5.95. The molecule has 0 atom stereocenters. The van der Waals surface area contributed by atoms with Gasteiger partial charge >= 0.3 is 5.69 Å². The molecule has 0 bridgehead atoms. The minimum atomic E-state index is -3.78. The Balaban J connectivity index is 2.00. The summed E-state index contributed by atoms with van der Waals surface area (Å²) in [6, 6.07) is 11.8. The number of rotatable bonds is 5. The number of ether oxygens (including phenoxy) is 1. The minimum absolute atomic E-state index is 0.127. The number of hydrogen-bond acceptors (Lipinski definition) is 6. The molecule has 1 heterocycles. The Morgan fingerprint density at radius 1 is 1.12 bits per heavy atom. The maximum Gasteiger partial charge on any atom is 0.312 e. The quantitative estimate of drug-likeness (QED) is 0.588. The van der Waals surface area contributed by atoms with Gasteiger partial charge in [0.15, 0.2) is 0 Å². The second-order valence-electron chi connectivity index (χ2n) is 5.71. The molecule has 1 fully saturated rings. The van der Waals surface area contributed by atoms with Crippen molar-refractivity contribution in [2.24, 2.45) is 0 Å². The van der Waals surface area contributed by atoms with E-state index in [1.807, 2.05) is 6.07 Å². The van der Waals surface area contributed by atoms with Gasteiger partial charge in [0, 0.05) is 19.2 Å². The number of nitriles is 1. The average Bonchev–Trinajstić information content (AvgIpc) is 3.17. The van der Waals surface area contributed by atoms with Crippen LogP contribution in [0.25, 0.3) is 0 Å². The zero-order valence-corrected chi connectivity index (χ0v) is 14.5. The van der Waals surface area contributed by atoms with Crippen LogP contribution < -0.4 is 4.74 Å². The molecular weight excluding hydrogens is 358 g/mol. The Bertz CT molecular complexity index is 992. The molecule has 1 aliphatic rings. The smallest absolute Gasteiger partial charge is 0.312 e. The molecule has 8 nitrogen and oxygen atoms in total. The molecule has 3 rings (SSSR count). The van der Waals surface area contributed by atoms with Crippen LogP contribution in [0.5, 0.6) is 11.5 Å². The summed E-state index contributed by atoms with van der Waals surface area (Å²) >= 11 is 0. The number of nitrogens with zero attached hydrogens (tertiary/aromatic N) is 3. The second kappa shape index (κ2) is 7.11. The van der Waals surface area contributed by atoms with Crippen LogP contribution in [0.15, 0.2) is 47.4 Å². The highest BCUT2D eigenvalue weighted by molar-refractivity contribution is 7.89. The molecule has 0 radical (unpaired) electrons. The SMILES string of the molecule is N#Cc1ccccc1Oc1ccc(S(=O)(=O)N2CCCC2)cc1[N+](=O)[O-]. The molecule has 0 spiro atoms. The standard InChI is InChI=1S/C17H15N3O5S/c18-12-13-5-1-2-6-16(13)25-17-8-7-14(11-15(17)20(21)22)26(23,24)19-9-3-4-10-19/h1-2,5-8,11H,3-4,9-10H2. The number of benzene rings is 2. The lowest BCUT2D eigenvalue weighted by Gasteiger charge is -2.16. The van der Waals surface area contributed by atoms with Crippen LogP contribution in [-0.2, 0) is 10.0 Å². The van der Waals surface area contributed by atoms with E-state index in [1.165, 1.54) is 28.6 Å². The molecule has 0 amide bonds. The Kier molecular flexibility index (Phi) is 4.88. The highest BCUT2D eigenvalue weighted by Crippen LogP contribution is 2.35. The van der Waals surface area contributed by atoms with Gasteiger partial charge in [-0.25, -0.2) is 8.42 Å². The van der Waals surface area contributed by atoms with Gasteiger partial charge in [0.05, 0.1) is 15.4 Å². The fourth-order valence-corrected chi connectivity index (χ4v) is 4.27. The van der Waals surface area contributed by atoms with Gasteiger partial charge in [0.25, 0.3) is 0 Å². The first-order valence-corrected chi connectivity index (χ1v) is 9.33. The Morgan fingerprint density at radius 3 is 2.46 bits per heavy atom. The summed E-state index contributed by atoms with van der Waals surface area (Å²) < 4.78 is 32.0. The summed E-state index contributed by atoms with van der Waals surface area (Å²) in [5.74, 6) is 0.0336. The van der Waals surface area contributed by atoms with E-state index in [1.54, 1.807) is 12.1 Å². The number of hydrogen-bond donors (Lipinski definition) is 0. The fraction of sp³-hybridized carbons (Fsp3) is 0.235. The molecule has 0 N–H and O–H groups in total. The predicted octanol–water partition coefficient (Wildman–Crippen LogP) is 3.04. The van der Waals surface area contributed by atoms with Crippen molar-refractivity contribution in [1.29, 1.82) is 5.26 Å². The molecular formula is C17H15N3O5S. The minimum Gasteiger partial charge on any atom is -0.449 e. The summed E-state index contributed by atoms with van der Waals surface area (Å²) in [6.45, 7) is 0.813. The first-order valence-electron chi connectivity index (χ1n) is 7.89. The lowest BCUT2D eigenvalue weighted by molar-refractivity contribution is -0.385. The molecule has 2 aromatic carbocycles. The van der Waals surface area contributed by atoms with Crippen molar-refractivity contribution in [1.82, 2.24) is 4.31 Å². The van der Waals surface area contributed by atoms with Crippen molar-refractivity contribution in [2.45, 2.75) is 17.7 Å². The first-order chi connectivity index (χ1) is 12.4. The van der Waals surface area contributed by atoms with Gasteiger partial charge in [0.2, 0.25) is 15.8 Å². The third kappa shape index (κ3) is 3.37. The zero-order valence-electron chi connectivity index (χ0n) is 13.7. The monoisotopic (exact) mass is 373 g/mol. The topological polar surface area (TPSA) is 114 Å². The molecule has 1 aliphatic heterocycles. The van der Waals surface area contributed by atoms with Crippen LogP contribution in [0.4, 0.5) is 5.69 Å². The van der Waals surface area contributed by atoms with E-state index >= 15 is 0 Å². The molecule has 9 heteroatoms. The molecule has 1 saturated heterocycles. The third-order valence-electron chi connectivity index (χ3n) is 4.06. The van der Waals surface area contributed by atoms with E-state index in [0.29, 0.717) is 13.1 Å². The van der Waals surface area contributed by atoms with Crippen LogP contribution in [-0.4, -0.2) is 30.7 Å². The van der Waals surface area contributed by atoms with Gasteiger partial charge in [0.1, 0.15) is 11.8 Å². The number of para-hydroxylation sites is 1. The van der Waals surface area contributed by atoms with Gasteiger partial charge in [-0.05, 0) is 37.1 Å². The lowest BCUT2D eigenvalue weighted by atomic mass is 10.2. The van der Waals surface area contributed by atoms with Crippen LogP contribution in [0.1, 0.15) is 18.4 Å². The average molecular weight is 373 g/mol. The highest BCUT2D eigenvalue weighted by Gasteiger charge is 2.30. The number of nitro groups is 1. The Labute approximate surface area is 150 Å². The Hall–Kier alpha value is -2.96. The van der Waals surface area contributed by atoms with Crippen LogP contribution in [0.3, 0.4) is 0 Å². The van der Waals surface area contributed by atoms with E-state index in [0.717, 1.165) is 18.9 Å². The van der Waals surface area contributed by atoms with E-state index in [-0.39, 0.29) is 22.0 Å². The highest BCUT2D eigenvalue weighted by atomic mass is 32.2. The fourth-order valence-electron chi connectivity index (χ4n) is 2.73. The maximum atomic E-state index is 12.6. The lowest BCUT2D eigenvalue weighted by Crippen LogP contribution is -2.27. The molecule has 0 saturated carbocycles. The molecule has 2 aromatic rings. The van der Waals surface area contributed by atoms with Crippen molar-refractivity contribution in [3.05, 3.63) is 58.1 Å². The van der Waals surface area contributed by atoms with Crippen molar-refractivity contribution in [3.63, 3.8) is 0 Å². The van der Waals surface area contributed by atoms with Crippen molar-refractivity contribution in [3.8, 4) is 17.6 Å².